The molecule has 1 aliphatic heterocycles. The zero-order valence-electron chi connectivity index (χ0n) is 9.96. The summed E-state index contributed by atoms with van der Waals surface area (Å²) in [6.45, 7) is 1.89. The van der Waals surface area contributed by atoms with Gasteiger partial charge >= 0.3 is 0 Å². The van der Waals surface area contributed by atoms with Crippen molar-refractivity contribution in [2.45, 2.75) is 24.5 Å². The molecule has 5 nitrogen and oxygen atoms in total. The standard InChI is InChI=1S/C11H17N5S/c1-16-7-14-15-10(16)4-5-12-11-13-6-9(17-11)8-2-3-8/h7-9H,2-6H2,1H3,(H,12,13). The maximum atomic E-state index is 4.55. The highest BCUT2D eigenvalue weighted by atomic mass is 32.2. The van der Waals surface area contributed by atoms with Gasteiger partial charge in [0.1, 0.15) is 12.2 Å². The Morgan fingerprint density at radius 2 is 2.41 bits per heavy atom. The second-order valence-corrected chi connectivity index (χ2v) is 5.90. The van der Waals surface area contributed by atoms with Gasteiger partial charge in [0.2, 0.25) is 0 Å². The van der Waals surface area contributed by atoms with E-state index in [1.807, 2.05) is 23.4 Å². The van der Waals surface area contributed by atoms with Crippen LogP contribution in [0.4, 0.5) is 0 Å². The van der Waals surface area contributed by atoms with Gasteiger partial charge in [-0.1, -0.05) is 11.8 Å². The van der Waals surface area contributed by atoms with Gasteiger partial charge in [-0.05, 0) is 18.8 Å². The summed E-state index contributed by atoms with van der Waals surface area (Å²) in [5.74, 6) is 1.95. The predicted octanol–water partition coefficient (Wildman–Crippen LogP) is 0.829. The molecular weight excluding hydrogens is 234 g/mol. The largest absolute Gasteiger partial charge is 0.364 e. The van der Waals surface area contributed by atoms with Gasteiger partial charge in [-0.2, -0.15) is 0 Å². The van der Waals surface area contributed by atoms with Gasteiger partial charge in [-0.25, -0.2) is 0 Å². The highest BCUT2D eigenvalue weighted by molar-refractivity contribution is 8.14. The van der Waals surface area contributed by atoms with Crippen molar-refractivity contribution in [3.8, 4) is 0 Å². The lowest BCUT2D eigenvalue weighted by atomic mass is 10.3. The van der Waals surface area contributed by atoms with Crippen LogP contribution in [0.3, 0.4) is 0 Å². The average Bonchev–Trinajstić information content (AvgIpc) is 2.94. The Balaban J connectivity index is 1.41. The van der Waals surface area contributed by atoms with Crippen LogP contribution in [0.1, 0.15) is 18.7 Å². The Morgan fingerprint density at radius 1 is 1.53 bits per heavy atom. The van der Waals surface area contributed by atoms with Gasteiger partial charge in [-0.3, -0.25) is 4.99 Å². The Kier molecular flexibility index (Phi) is 3.05. The number of aryl methyl sites for hydroxylation is 1. The second-order valence-electron chi connectivity index (χ2n) is 4.67. The first-order valence-corrected chi connectivity index (χ1v) is 6.99. The van der Waals surface area contributed by atoms with Crippen LogP contribution in [-0.4, -0.2) is 38.3 Å². The van der Waals surface area contributed by atoms with Crippen molar-refractivity contribution < 1.29 is 0 Å². The second kappa shape index (κ2) is 4.68. The summed E-state index contributed by atoms with van der Waals surface area (Å²) < 4.78 is 1.96. The third-order valence-electron chi connectivity index (χ3n) is 3.26. The van der Waals surface area contributed by atoms with Gasteiger partial charge in [0.25, 0.3) is 0 Å². The van der Waals surface area contributed by atoms with E-state index >= 15 is 0 Å². The van der Waals surface area contributed by atoms with E-state index in [-0.39, 0.29) is 0 Å². The van der Waals surface area contributed by atoms with Crippen molar-refractivity contribution in [3.05, 3.63) is 12.2 Å². The fourth-order valence-corrected chi connectivity index (χ4v) is 3.25. The van der Waals surface area contributed by atoms with E-state index in [2.05, 4.69) is 20.5 Å². The van der Waals surface area contributed by atoms with Crippen molar-refractivity contribution in [2.24, 2.45) is 18.0 Å². The molecule has 1 aromatic rings. The van der Waals surface area contributed by atoms with Crippen molar-refractivity contribution in [3.63, 3.8) is 0 Å². The molecule has 1 aliphatic carbocycles. The average molecular weight is 251 g/mol. The summed E-state index contributed by atoms with van der Waals surface area (Å²) >= 11 is 1.92. The predicted molar refractivity (Wildman–Crippen MR) is 69.1 cm³/mol. The minimum absolute atomic E-state index is 0.743. The zero-order valence-corrected chi connectivity index (χ0v) is 10.8. The Labute approximate surface area is 105 Å². The smallest absolute Gasteiger partial charge is 0.156 e. The number of nitrogens with one attached hydrogen (secondary N) is 1. The maximum absolute atomic E-state index is 4.55. The molecule has 1 unspecified atom stereocenters. The van der Waals surface area contributed by atoms with E-state index in [4.69, 9.17) is 0 Å². The van der Waals surface area contributed by atoms with E-state index in [0.29, 0.717) is 0 Å². The molecule has 1 fully saturated rings. The van der Waals surface area contributed by atoms with Crippen LogP contribution in [0.5, 0.6) is 0 Å². The highest BCUT2D eigenvalue weighted by Gasteiger charge is 2.35. The molecule has 0 radical (unpaired) electrons. The molecule has 0 aromatic carbocycles. The molecule has 0 saturated heterocycles. The molecule has 0 spiro atoms. The van der Waals surface area contributed by atoms with E-state index in [1.54, 1.807) is 6.33 Å². The quantitative estimate of drug-likeness (QED) is 0.861. The van der Waals surface area contributed by atoms with Crippen LogP contribution in [0.15, 0.2) is 11.3 Å². The number of thioether (sulfide) groups is 1. The molecule has 6 heteroatoms. The summed E-state index contributed by atoms with van der Waals surface area (Å²) in [7, 11) is 1.97. The van der Waals surface area contributed by atoms with Gasteiger partial charge in [0.15, 0.2) is 5.17 Å². The summed E-state index contributed by atoms with van der Waals surface area (Å²) in [5, 5.41) is 13.2. The number of nitrogens with zero attached hydrogens (tertiary/aromatic N) is 4. The zero-order chi connectivity index (χ0) is 11.7. The van der Waals surface area contributed by atoms with Crippen LogP contribution in [0.2, 0.25) is 0 Å². The number of hydrogen-bond donors (Lipinski definition) is 1. The summed E-state index contributed by atoms with van der Waals surface area (Å²) in [6, 6.07) is 0. The van der Waals surface area contributed by atoms with Gasteiger partial charge < -0.3 is 9.88 Å². The Bertz CT molecular complexity index is 423. The van der Waals surface area contributed by atoms with Gasteiger partial charge in [0, 0.05) is 25.3 Å². The highest BCUT2D eigenvalue weighted by Crippen LogP contribution is 2.41. The minimum atomic E-state index is 0.743. The number of aromatic nitrogens is 3. The van der Waals surface area contributed by atoms with Crippen molar-refractivity contribution in [1.29, 1.82) is 0 Å². The summed E-state index contributed by atoms with van der Waals surface area (Å²) in [6.07, 6.45) is 5.43. The van der Waals surface area contributed by atoms with Crippen LogP contribution >= 0.6 is 11.8 Å². The van der Waals surface area contributed by atoms with Crippen LogP contribution in [0.25, 0.3) is 0 Å². The first-order valence-electron chi connectivity index (χ1n) is 6.11. The van der Waals surface area contributed by atoms with Crippen molar-refractivity contribution in [1.82, 2.24) is 20.1 Å². The van der Waals surface area contributed by atoms with Crippen LogP contribution in [-0.2, 0) is 13.5 Å². The maximum Gasteiger partial charge on any atom is 0.156 e. The molecule has 1 aromatic heterocycles. The van der Waals surface area contributed by atoms with Crippen molar-refractivity contribution in [2.75, 3.05) is 13.1 Å². The first kappa shape index (κ1) is 11.1. The monoisotopic (exact) mass is 251 g/mol. The van der Waals surface area contributed by atoms with Gasteiger partial charge in [-0.15, -0.1) is 10.2 Å². The molecule has 1 atom stereocenters. The number of hydrogen-bond acceptors (Lipinski definition) is 5. The molecular formula is C11H17N5S. The molecule has 2 heterocycles. The minimum Gasteiger partial charge on any atom is -0.364 e. The molecule has 0 amide bonds. The van der Waals surface area contributed by atoms with E-state index in [0.717, 1.165) is 41.7 Å². The van der Waals surface area contributed by atoms with Crippen LogP contribution in [0, 0.1) is 5.92 Å². The molecule has 17 heavy (non-hydrogen) atoms. The molecule has 1 saturated carbocycles. The lowest BCUT2D eigenvalue weighted by molar-refractivity contribution is 0.748. The SMILES string of the molecule is Cn1cnnc1CCNC1=NCC(C2CC2)S1. The normalized spacial score (nSPS) is 23.8. The molecule has 92 valence electrons. The Hall–Kier alpha value is -1.04. The number of rotatable bonds is 4. The lowest BCUT2D eigenvalue weighted by Gasteiger charge is -2.07. The molecule has 0 bridgehead atoms. The lowest BCUT2D eigenvalue weighted by Crippen LogP contribution is -2.23. The van der Waals surface area contributed by atoms with E-state index < -0.39 is 0 Å². The topological polar surface area (TPSA) is 55.1 Å². The summed E-state index contributed by atoms with van der Waals surface area (Å²) in [4.78, 5) is 4.55. The molecule has 1 N–H and O–H groups in total. The first-order chi connectivity index (χ1) is 8.33. The summed E-state index contributed by atoms with van der Waals surface area (Å²) in [5.41, 5.74) is 0. The number of aliphatic imine (C=N–C) groups is 1. The van der Waals surface area contributed by atoms with E-state index in [9.17, 15) is 0 Å². The van der Waals surface area contributed by atoms with E-state index in [1.165, 1.54) is 12.8 Å². The fraction of sp³-hybridized carbons (Fsp3) is 0.727. The van der Waals surface area contributed by atoms with Crippen molar-refractivity contribution >= 4 is 16.9 Å². The van der Waals surface area contributed by atoms with Gasteiger partial charge in [0.05, 0.1) is 6.54 Å². The Morgan fingerprint density at radius 3 is 3.12 bits per heavy atom. The molecule has 2 aliphatic rings. The molecule has 3 rings (SSSR count). The third kappa shape index (κ3) is 2.62. The number of amidine groups is 1. The third-order valence-corrected chi connectivity index (χ3v) is 4.59. The van der Waals surface area contributed by atoms with Crippen LogP contribution < -0.4 is 5.32 Å². The fourth-order valence-electron chi connectivity index (χ4n) is 2.02.